The maximum absolute atomic E-state index is 15.9. The molecule has 3 unspecified atom stereocenters. The first kappa shape index (κ1) is 32.8. The molecule has 6 nitrogen and oxygen atoms in total. The fraction of sp³-hybridized carbons (Fsp3) is 0.171. The molecule has 3 atom stereocenters. The van der Waals surface area contributed by atoms with E-state index in [-0.39, 0.29) is 17.7 Å². The molecule has 5 aromatic carbocycles. The molecule has 0 bridgehead atoms. The normalized spacial score (nSPS) is 20.9. The van der Waals surface area contributed by atoms with Gasteiger partial charge in [0.2, 0.25) is 0 Å². The van der Waals surface area contributed by atoms with Crippen LogP contribution in [-0.4, -0.2) is 16.4 Å². The van der Waals surface area contributed by atoms with E-state index in [1.165, 1.54) is 0 Å². The fourth-order valence-electron chi connectivity index (χ4n) is 7.54. The lowest BCUT2D eigenvalue weighted by Gasteiger charge is -2.43. The monoisotopic (exact) mass is 688 g/mol. The van der Waals surface area contributed by atoms with Gasteiger partial charge in [0.05, 0.1) is 22.4 Å². The van der Waals surface area contributed by atoms with Crippen LogP contribution in [0.4, 0.5) is 0 Å². The summed E-state index contributed by atoms with van der Waals surface area (Å²) in [6.07, 6.45) is 2.10. The van der Waals surface area contributed by atoms with Crippen molar-refractivity contribution in [3.8, 4) is 39.5 Å². The van der Waals surface area contributed by atoms with Crippen LogP contribution in [-0.2, 0) is 13.7 Å². The molecule has 0 amide bonds. The molecule has 8 heteroatoms. The zero-order valence-corrected chi connectivity index (χ0v) is 29.6. The average molecular weight is 689 g/mol. The van der Waals surface area contributed by atoms with Crippen molar-refractivity contribution in [2.24, 2.45) is 5.41 Å². The van der Waals surface area contributed by atoms with Gasteiger partial charge >= 0.3 is 0 Å². The van der Waals surface area contributed by atoms with Gasteiger partial charge in [0, 0.05) is 22.1 Å². The number of aromatic hydroxyl groups is 2. The third kappa shape index (κ3) is 5.35. The van der Waals surface area contributed by atoms with Gasteiger partial charge in [-0.3, -0.25) is 9.13 Å². The Hall–Kier alpha value is -4.76. The first-order valence-corrected chi connectivity index (χ1v) is 19.8. The van der Waals surface area contributed by atoms with Gasteiger partial charge in [-0.2, -0.15) is 0 Å². The fourth-order valence-corrected chi connectivity index (χ4v) is 13.4. The molecule has 0 aliphatic carbocycles. The molecule has 0 fully saturated rings. The number of fused-ring (bicyclic) bond motifs is 3. The van der Waals surface area contributed by atoms with Crippen LogP contribution >= 0.6 is 14.7 Å². The number of rotatable bonds is 7. The number of hydrogen-bond acceptors (Lipinski definition) is 6. The van der Waals surface area contributed by atoms with Crippen molar-refractivity contribution in [2.45, 2.75) is 33.4 Å². The van der Waals surface area contributed by atoms with E-state index in [0.29, 0.717) is 44.4 Å². The third-order valence-electron chi connectivity index (χ3n) is 9.67. The van der Waals surface area contributed by atoms with E-state index >= 15 is 4.57 Å². The van der Waals surface area contributed by atoms with Crippen molar-refractivity contribution >= 4 is 25.3 Å². The van der Waals surface area contributed by atoms with Gasteiger partial charge in [-0.25, -0.2) is 0 Å². The molecule has 2 heterocycles. The Kier molecular flexibility index (Phi) is 8.22. The molecular weight excluding hydrogens is 650 g/mol. The maximum Gasteiger partial charge on any atom is 0.286 e. The van der Waals surface area contributed by atoms with Crippen molar-refractivity contribution < 1.29 is 28.4 Å². The van der Waals surface area contributed by atoms with Gasteiger partial charge < -0.3 is 19.3 Å². The summed E-state index contributed by atoms with van der Waals surface area (Å²) in [5.74, 6) is 1.08. The Morgan fingerprint density at radius 3 is 1.88 bits per heavy atom. The van der Waals surface area contributed by atoms with Crippen LogP contribution in [0.25, 0.3) is 22.3 Å². The van der Waals surface area contributed by atoms with Crippen LogP contribution in [0.1, 0.15) is 38.9 Å². The van der Waals surface area contributed by atoms with Crippen LogP contribution in [0.5, 0.6) is 17.2 Å². The zero-order valence-electron chi connectivity index (χ0n) is 27.8. The lowest BCUT2D eigenvalue weighted by atomic mass is 9.76. The molecule has 2 aliphatic heterocycles. The van der Waals surface area contributed by atoms with E-state index in [0.717, 1.165) is 16.7 Å². The first-order chi connectivity index (χ1) is 23.5. The molecule has 0 spiro atoms. The van der Waals surface area contributed by atoms with Gasteiger partial charge in [0.15, 0.2) is 0 Å². The third-order valence-corrected chi connectivity index (χ3v) is 15.3. The quantitative estimate of drug-likeness (QED) is 0.165. The summed E-state index contributed by atoms with van der Waals surface area (Å²) in [4.78, 5) is 0. The maximum atomic E-state index is 15.9. The highest BCUT2D eigenvalue weighted by Gasteiger charge is 2.54. The molecule has 0 aromatic heterocycles. The smallest absolute Gasteiger partial charge is 0.286 e. The number of benzene rings is 5. The molecule has 7 rings (SSSR count). The van der Waals surface area contributed by atoms with E-state index < -0.39 is 25.8 Å². The van der Waals surface area contributed by atoms with E-state index in [2.05, 4.69) is 0 Å². The molecule has 0 saturated heterocycles. The highest BCUT2D eigenvalue weighted by Crippen LogP contribution is 2.72. The molecule has 49 heavy (non-hydrogen) atoms. The summed E-state index contributed by atoms with van der Waals surface area (Å²) < 4.78 is 44.2. The van der Waals surface area contributed by atoms with E-state index in [4.69, 9.17) is 9.05 Å². The molecular formula is C41H38O6P2. The highest BCUT2D eigenvalue weighted by molar-refractivity contribution is 7.68. The summed E-state index contributed by atoms with van der Waals surface area (Å²) in [5, 5.41) is 23.2. The van der Waals surface area contributed by atoms with Gasteiger partial charge in [0.1, 0.15) is 23.0 Å². The van der Waals surface area contributed by atoms with Gasteiger partial charge in [-0.15, -0.1) is 0 Å². The molecule has 5 aromatic rings. The minimum atomic E-state index is -3.86. The summed E-state index contributed by atoms with van der Waals surface area (Å²) in [6, 6.07) is 36.4. The summed E-state index contributed by atoms with van der Waals surface area (Å²) in [5.41, 5.74) is 2.99. The van der Waals surface area contributed by atoms with Crippen molar-refractivity contribution in [2.75, 3.05) is 6.16 Å². The standard InChI is InChI=1S/C41H38O6P2/c1-5-33(39-27(2)26-48(44,47-39)37-24-14-9-18-30(37)28-16-6-11-21-34(28)42)41(3,4)40(32-20-7-12-22-35(32)43)49(45)38-25-15-10-19-31(38)29-17-8-13-23-36(29)46-49/h5-25,40,42-43H,26H2,1-4H3/b33-5+. The SMILES string of the molecule is C/C=C(\C1=C(C)CP(=O)(c2ccccc2-c2ccccc2O)O1)C(C)(C)C(c1ccccc1O)P1(=O)Oc2ccccc2-c2ccccc21. The number of hydrogen-bond donors (Lipinski definition) is 2. The second-order valence-electron chi connectivity index (χ2n) is 13.2. The molecule has 2 aliphatic rings. The predicted octanol–water partition coefficient (Wildman–Crippen LogP) is 10.3. The highest BCUT2D eigenvalue weighted by atomic mass is 31.2. The molecule has 0 radical (unpaired) electrons. The molecule has 2 N–H and O–H groups in total. The first-order valence-electron chi connectivity index (χ1n) is 16.3. The van der Waals surface area contributed by atoms with Crippen molar-refractivity contribution in [3.05, 3.63) is 150 Å². The Morgan fingerprint density at radius 1 is 0.694 bits per heavy atom. The second-order valence-corrected chi connectivity index (χ2v) is 17.9. The lowest BCUT2D eigenvalue weighted by Crippen LogP contribution is -2.32. The van der Waals surface area contributed by atoms with Crippen molar-refractivity contribution in [1.82, 2.24) is 0 Å². The Balaban J connectivity index is 1.36. The van der Waals surface area contributed by atoms with Crippen LogP contribution in [0.3, 0.4) is 0 Å². The number of para-hydroxylation sites is 3. The lowest BCUT2D eigenvalue weighted by molar-refractivity contribution is 0.344. The number of phenols is 2. The molecule has 0 saturated carbocycles. The number of allylic oxidation sites excluding steroid dienone is 3. The van der Waals surface area contributed by atoms with Gasteiger partial charge in [-0.1, -0.05) is 111 Å². The van der Waals surface area contributed by atoms with Crippen LogP contribution in [0.15, 0.2) is 144 Å². The van der Waals surface area contributed by atoms with E-state index in [1.807, 2.05) is 113 Å². The largest absolute Gasteiger partial charge is 0.508 e. The zero-order chi connectivity index (χ0) is 34.6. The Labute approximate surface area is 287 Å². The van der Waals surface area contributed by atoms with Crippen LogP contribution < -0.4 is 15.1 Å². The summed E-state index contributed by atoms with van der Waals surface area (Å²) in [7, 11) is -7.39. The molecule has 248 valence electrons. The van der Waals surface area contributed by atoms with E-state index in [1.54, 1.807) is 42.5 Å². The van der Waals surface area contributed by atoms with Crippen molar-refractivity contribution in [1.29, 1.82) is 0 Å². The Morgan fingerprint density at radius 2 is 1.22 bits per heavy atom. The Bertz CT molecular complexity index is 2270. The summed E-state index contributed by atoms with van der Waals surface area (Å²) >= 11 is 0. The number of phenolic OH excluding ortho intramolecular Hbond substituents is 2. The van der Waals surface area contributed by atoms with Gasteiger partial charge in [0.25, 0.3) is 14.7 Å². The predicted molar refractivity (Wildman–Crippen MR) is 198 cm³/mol. The van der Waals surface area contributed by atoms with Crippen LogP contribution in [0, 0.1) is 5.41 Å². The summed E-state index contributed by atoms with van der Waals surface area (Å²) in [6.45, 7) is 7.77. The minimum Gasteiger partial charge on any atom is -0.508 e. The topological polar surface area (TPSA) is 93.1 Å². The van der Waals surface area contributed by atoms with E-state index in [9.17, 15) is 14.8 Å². The van der Waals surface area contributed by atoms with Crippen molar-refractivity contribution in [3.63, 3.8) is 0 Å². The second kappa shape index (κ2) is 12.3. The minimum absolute atomic E-state index is 0.00602. The average Bonchev–Trinajstić information content (AvgIpc) is 3.40. The van der Waals surface area contributed by atoms with Crippen LogP contribution in [0.2, 0.25) is 0 Å². The van der Waals surface area contributed by atoms with Gasteiger partial charge in [-0.05, 0) is 66.5 Å².